The van der Waals surface area contributed by atoms with Gasteiger partial charge < -0.3 is 15.5 Å². The first-order valence-electron chi connectivity index (χ1n) is 6.06. The van der Waals surface area contributed by atoms with E-state index in [2.05, 4.69) is 37.7 Å². The van der Waals surface area contributed by atoms with Crippen molar-refractivity contribution in [3.63, 3.8) is 0 Å². The third kappa shape index (κ3) is 4.96. The molecule has 0 bridgehead atoms. The van der Waals surface area contributed by atoms with Crippen LogP contribution < -0.4 is 5.73 Å². The zero-order valence-corrected chi connectivity index (χ0v) is 10.8. The molecule has 1 aliphatic heterocycles. The van der Waals surface area contributed by atoms with E-state index >= 15 is 0 Å². The van der Waals surface area contributed by atoms with Gasteiger partial charge in [0.2, 0.25) is 0 Å². The van der Waals surface area contributed by atoms with Crippen molar-refractivity contribution < 1.29 is 0 Å². The Balaban J connectivity index is 2.25. The van der Waals surface area contributed by atoms with E-state index in [0.717, 1.165) is 19.0 Å². The van der Waals surface area contributed by atoms with Crippen molar-refractivity contribution >= 4 is 0 Å². The highest BCUT2D eigenvalue weighted by Gasteiger charge is 2.21. The van der Waals surface area contributed by atoms with Crippen LogP contribution in [0.25, 0.3) is 0 Å². The Morgan fingerprint density at radius 3 is 2.33 bits per heavy atom. The number of piperidine rings is 1. The minimum atomic E-state index is -0.0281. The predicted octanol–water partition coefficient (Wildman–Crippen LogP) is 1.14. The molecule has 0 spiro atoms. The summed E-state index contributed by atoms with van der Waals surface area (Å²) < 4.78 is 0. The van der Waals surface area contributed by atoms with E-state index in [4.69, 9.17) is 5.73 Å². The summed E-state index contributed by atoms with van der Waals surface area (Å²) in [5.74, 6) is 0. The highest BCUT2D eigenvalue weighted by molar-refractivity contribution is 4.79. The molecule has 0 aliphatic carbocycles. The summed E-state index contributed by atoms with van der Waals surface area (Å²) in [7, 11) is 4.45. The Morgan fingerprint density at radius 1 is 1.33 bits per heavy atom. The summed E-state index contributed by atoms with van der Waals surface area (Å²) >= 11 is 0. The molecular formula is C12H27N3. The van der Waals surface area contributed by atoms with Gasteiger partial charge in [0.1, 0.15) is 0 Å². The number of rotatable bonds is 4. The van der Waals surface area contributed by atoms with Crippen LogP contribution in [0.4, 0.5) is 0 Å². The van der Waals surface area contributed by atoms with Crippen LogP contribution in [0.5, 0.6) is 0 Å². The van der Waals surface area contributed by atoms with Crippen molar-refractivity contribution in [1.82, 2.24) is 9.80 Å². The second-order valence-corrected chi connectivity index (χ2v) is 5.75. The van der Waals surface area contributed by atoms with Crippen LogP contribution in [0.3, 0.4) is 0 Å². The van der Waals surface area contributed by atoms with Crippen molar-refractivity contribution in [2.45, 2.75) is 44.7 Å². The zero-order valence-electron chi connectivity index (χ0n) is 10.8. The average Bonchev–Trinajstić information content (AvgIpc) is 2.14. The summed E-state index contributed by atoms with van der Waals surface area (Å²) in [5.41, 5.74) is 5.97. The van der Waals surface area contributed by atoms with Crippen molar-refractivity contribution in [3.05, 3.63) is 0 Å². The van der Waals surface area contributed by atoms with E-state index in [1.165, 1.54) is 25.9 Å². The molecule has 1 saturated heterocycles. The molecular weight excluding hydrogens is 186 g/mol. The van der Waals surface area contributed by atoms with Gasteiger partial charge in [-0.15, -0.1) is 0 Å². The fraction of sp³-hybridized carbons (Fsp3) is 1.00. The van der Waals surface area contributed by atoms with E-state index in [0.29, 0.717) is 0 Å². The molecule has 0 unspecified atom stereocenters. The molecule has 0 radical (unpaired) electrons. The molecule has 0 aromatic carbocycles. The van der Waals surface area contributed by atoms with Gasteiger partial charge in [0, 0.05) is 11.6 Å². The lowest BCUT2D eigenvalue weighted by Crippen LogP contribution is -2.44. The Hall–Kier alpha value is -0.120. The van der Waals surface area contributed by atoms with Gasteiger partial charge in [-0.25, -0.2) is 0 Å². The lowest BCUT2D eigenvalue weighted by molar-refractivity contribution is 0.138. The van der Waals surface area contributed by atoms with Crippen molar-refractivity contribution in [2.24, 2.45) is 5.73 Å². The SMILES string of the molecule is CN1CCC(N(C)CCC(C)(C)N)CC1. The zero-order chi connectivity index (χ0) is 11.5. The summed E-state index contributed by atoms with van der Waals surface area (Å²) in [4.78, 5) is 4.90. The molecule has 1 fully saturated rings. The molecule has 1 rings (SSSR count). The minimum absolute atomic E-state index is 0.0281. The first kappa shape index (κ1) is 12.9. The van der Waals surface area contributed by atoms with Crippen LogP contribution in [0.15, 0.2) is 0 Å². The fourth-order valence-electron chi connectivity index (χ4n) is 2.08. The van der Waals surface area contributed by atoms with E-state index in [1.807, 2.05) is 0 Å². The van der Waals surface area contributed by atoms with Gasteiger partial charge in [-0.3, -0.25) is 0 Å². The van der Waals surface area contributed by atoms with Gasteiger partial charge >= 0.3 is 0 Å². The molecule has 3 nitrogen and oxygen atoms in total. The highest BCUT2D eigenvalue weighted by atomic mass is 15.2. The molecule has 15 heavy (non-hydrogen) atoms. The van der Waals surface area contributed by atoms with Gasteiger partial charge in [-0.05, 0) is 66.8 Å². The van der Waals surface area contributed by atoms with Gasteiger partial charge in [0.15, 0.2) is 0 Å². The molecule has 1 heterocycles. The van der Waals surface area contributed by atoms with Crippen molar-refractivity contribution in [3.8, 4) is 0 Å². The minimum Gasteiger partial charge on any atom is -0.326 e. The summed E-state index contributed by atoms with van der Waals surface area (Å²) in [5, 5.41) is 0. The third-order valence-corrected chi connectivity index (χ3v) is 3.42. The summed E-state index contributed by atoms with van der Waals surface area (Å²) in [6, 6.07) is 0.767. The summed E-state index contributed by atoms with van der Waals surface area (Å²) in [6.07, 6.45) is 3.69. The molecule has 0 atom stereocenters. The van der Waals surface area contributed by atoms with E-state index in [-0.39, 0.29) is 5.54 Å². The quantitative estimate of drug-likeness (QED) is 0.760. The standard InChI is InChI=1S/C12H27N3/c1-12(2,13)7-10-15(4)11-5-8-14(3)9-6-11/h11H,5-10,13H2,1-4H3. The maximum Gasteiger partial charge on any atom is 0.0117 e. The topological polar surface area (TPSA) is 32.5 Å². The van der Waals surface area contributed by atoms with Crippen LogP contribution in [0.1, 0.15) is 33.1 Å². The smallest absolute Gasteiger partial charge is 0.0117 e. The first-order chi connectivity index (χ1) is 6.88. The first-order valence-corrected chi connectivity index (χ1v) is 6.06. The van der Waals surface area contributed by atoms with Crippen LogP contribution in [-0.2, 0) is 0 Å². The third-order valence-electron chi connectivity index (χ3n) is 3.42. The lowest BCUT2D eigenvalue weighted by Gasteiger charge is -2.36. The number of hydrogen-bond donors (Lipinski definition) is 1. The predicted molar refractivity (Wildman–Crippen MR) is 66.0 cm³/mol. The molecule has 90 valence electrons. The second kappa shape index (κ2) is 5.28. The molecule has 2 N–H and O–H groups in total. The van der Waals surface area contributed by atoms with Gasteiger partial charge in [0.05, 0.1) is 0 Å². The maximum absolute atomic E-state index is 6.00. The average molecular weight is 213 g/mol. The van der Waals surface area contributed by atoms with Gasteiger partial charge in [-0.2, -0.15) is 0 Å². The van der Waals surface area contributed by atoms with E-state index < -0.39 is 0 Å². The molecule has 3 heteroatoms. The fourth-order valence-corrected chi connectivity index (χ4v) is 2.08. The molecule has 0 aromatic heterocycles. The monoisotopic (exact) mass is 213 g/mol. The molecule has 1 aliphatic rings. The molecule has 0 saturated carbocycles. The van der Waals surface area contributed by atoms with E-state index in [9.17, 15) is 0 Å². The Kier molecular flexibility index (Phi) is 4.56. The summed E-state index contributed by atoms with van der Waals surface area (Å²) in [6.45, 7) is 7.81. The van der Waals surface area contributed by atoms with Crippen LogP contribution >= 0.6 is 0 Å². The number of hydrogen-bond acceptors (Lipinski definition) is 3. The Labute approximate surface area is 94.6 Å². The second-order valence-electron chi connectivity index (χ2n) is 5.75. The van der Waals surface area contributed by atoms with Crippen molar-refractivity contribution in [1.29, 1.82) is 0 Å². The van der Waals surface area contributed by atoms with Crippen LogP contribution in [0.2, 0.25) is 0 Å². The maximum atomic E-state index is 6.00. The van der Waals surface area contributed by atoms with Crippen LogP contribution in [-0.4, -0.2) is 55.1 Å². The number of nitrogens with zero attached hydrogens (tertiary/aromatic N) is 2. The molecule has 0 aromatic rings. The van der Waals surface area contributed by atoms with Crippen molar-refractivity contribution in [2.75, 3.05) is 33.7 Å². The normalized spacial score (nSPS) is 21.2. The Morgan fingerprint density at radius 2 is 1.87 bits per heavy atom. The molecule has 0 amide bonds. The largest absolute Gasteiger partial charge is 0.326 e. The highest BCUT2D eigenvalue weighted by Crippen LogP contribution is 2.15. The van der Waals surface area contributed by atoms with Gasteiger partial charge in [-0.1, -0.05) is 0 Å². The number of likely N-dealkylation sites (tertiary alicyclic amines) is 1. The van der Waals surface area contributed by atoms with Crippen LogP contribution in [0, 0.1) is 0 Å². The Bertz CT molecular complexity index is 178. The number of nitrogens with two attached hydrogens (primary N) is 1. The lowest BCUT2D eigenvalue weighted by atomic mass is 10.00. The van der Waals surface area contributed by atoms with Gasteiger partial charge in [0.25, 0.3) is 0 Å². The van der Waals surface area contributed by atoms with E-state index in [1.54, 1.807) is 0 Å².